The largest absolute Gasteiger partial charge is 0.508 e. The van der Waals surface area contributed by atoms with E-state index in [0.717, 1.165) is 11.1 Å². The SMILES string of the molecule is CO[C@H]1CCC(=O)c2c([C@@H]3CCC(=O)c4c(O)cccc43)ccc(O)c21. The minimum absolute atomic E-state index is 0.0159. The number of carbonyl (C=O) groups is 2. The van der Waals surface area contributed by atoms with Crippen molar-refractivity contribution in [3.8, 4) is 11.5 Å². The summed E-state index contributed by atoms with van der Waals surface area (Å²) in [6.45, 7) is 0. The monoisotopic (exact) mass is 352 g/mol. The molecule has 4 rings (SSSR count). The molecule has 2 aromatic rings. The average Bonchev–Trinajstić information content (AvgIpc) is 2.63. The highest BCUT2D eigenvalue weighted by molar-refractivity contribution is 6.03. The molecule has 0 radical (unpaired) electrons. The predicted molar refractivity (Wildman–Crippen MR) is 94.9 cm³/mol. The average molecular weight is 352 g/mol. The minimum Gasteiger partial charge on any atom is -0.508 e. The molecule has 0 amide bonds. The maximum Gasteiger partial charge on any atom is 0.166 e. The summed E-state index contributed by atoms with van der Waals surface area (Å²) < 4.78 is 5.49. The van der Waals surface area contributed by atoms with Crippen molar-refractivity contribution in [1.82, 2.24) is 0 Å². The summed E-state index contributed by atoms with van der Waals surface area (Å²) in [5.41, 5.74) is 2.93. The third-order valence-electron chi connectivity index (χ3n) is 5.54. The Kier molecular flexibility index (Phi) is 4.04. The summed E-state index contributed by atoms with van der Waals surface area (Å²) in [5, 5.41) is 20.5. The third-order valence-corrected chi connectivity index (χ3v) is 5.54. The number of carbonyl (C=O) groups excluding carboxylic acids is 2. The van der Waals surface area contributed by atoms with E-state index in [2.05, 4.69) is 0 Å². The van der Waals surface area contributed by atoms with Crippen LogP contribution in [0.25, 0.3) is 0 Å². The van der Waals surface area contributed by atoms with Crippen LogP contribution in [0.1, 0.15) is 75.1 Å². The molecule has 0 bridgehead atoms. The molecule has 0 spiro atoms. The summed E-state index contributed by atoms with van der Waals surface area (Å²) in [5.74, 6) is -0.234. The molecule has 2 atom stereocenters. The standard InChI is InChI=1S/C21H20O5/c1-26-18-10-9-16(24)20-13(6-8-17(25)21(18)20)11-5-7-15(23)19-12(11)3-2-4-14(19)22/h2-4,6,8,11,18,22,25H,5,7,9-10H2,1H3/t11-,18+/m1/s1. The Hall–Kier alpha value is -2.66. The molecule has 2 aliphatic carbocycles. The molecule has 5 heteroatoms. The Morgan fingerprint density at radius 1 is 0.885 bits per heavy atom. The minimum atomic E-state index is -0.323. The highest BCUT2D eigenvalue weighted by Gasteiger charge is 2.36. The Bertz CT molecular complexity index is 915. The van der Waals surface area contributed by atoms with Crippen molar-refractivity contribution in [2.45, 2.75) is 37.7 Å². The normalized spacial score (nSPS) is 22.0. The first kappa shape index (κ1) is 16.8. The van der Waals surface area contributed by atoms with Gasteiger partial charge in [-0.05, 0) is 36.1 Å². The quantitative estimate of drug-likeness (QED) is 0.857. The molecule has 2 aromatic carbocycles. The molecule has 0 heterocycles. The number of benzene rings is 2. The summed E-state index contributed by atoms with van der Waals surface area (Å²) in [7, 11) is 1.57. The van der Waals surface area contributed by atoms with Gasteiger partial charge in [0.15, 0.2) is 11.6 Å². The Labute approximate surface area is 151 Å². The first-order valence-corrected chi connectivity index (χ1v) is 8.79. The van der Waals surface area contributed by atoms with Crippen LogP contribution in [0.2, 0.25) is 0 Å². The number of hydrogen-bond donors (Lipinski definition) is 2. The summed E-state index contributed by atoms with van der Waals surface area (Å²) in [6.07, 6.45) is 1.46. The van der Waals surface area contributed by atoms with Gasteiger partial charge < -0.3 is 14.9 Å². The maximum absolute atomic E-state index is 12.7. The highest BCUT2D eigenvalue weighted by atomic mass is 16.5. The number of hydrogen-bond acceptors (Lipinski definition) is 5. The second-order valence-electron chi connectivity index (χ2n) is 6.90. The third kappa shape index (κ3) is 2.42. The van der Waals surface area contributed by atoms with Crippen LogP contribution < -0.4 is 0 Å². The number of phenolic OH excluding ortho intramolecular Hbond substituents is 2. The molecule has 0 aromatic heterocycles. The molecule has 0 saturated heterocycles. The van der Waals surface area contributed by atoms with E-state index >= 15 is 0 Å². The Balaban J connectivity index is 1.94. The zero-order valence-electron chi connectivity index (χ0n) is 14.5. The molecule has 0 saturated carbocycles. The Morgan fingerprint density at radius 3 is 2.35 bits per heavy atom. The highest BCUT2D eigenvalue weighted by Crippen LogP contribution is 2.46. The molecule has 5 nitrogen and oxygen atoms in total. The number of fused-ring (bicyclic) bond motifs is 2. The van der Waals surface area contributed by atoms with E-state index in [-0.39, 0.29) is 35.1 Å². The summed E-state index contributed by atoms with van der Waals surface area (Å²) in [6, 6.07) is 8.41. The van der Waals surface area contributed by atoms with Gasteiger partial charge in [-0.3, -0.25) is 9.59 Å². The van der Waals surface area contributed by atoms with Crippen LogP contribution >= 0.6 is 0 Å². The second-order valence-corrected chi connectivity index (χ2v) is 6.90. The predicted octanol–water partition coefficient (Wildman–Crippen LogP) is 3.87. The van der Waals surface area contributed by atoms with Gasteiger partial charge in [-0.1, -0.05) is 18.2 Å². The Morgan fingerprint density at radius 2 is 1.58 bits per heavy atom. The summed E-state index contributed by atoms with van der Waals surface area (Å²) >= 11 is 0. The molecule has 0 fully saturated rings. The van der Waals surface area contributed by atoms with E-state index < -0.39 is 0 Å². The number of ether oxygens (including phenoxy) is 1. The molecular formula is C21H20O5. The molecule has 2 N–H and O–H groups in total. The van der Waals surface area contributed by atoms with Crippen LogP contribution in [0.15, 0.2) is 30.3 Å². The fraction of sp³-hybridized carbons (Fsp3) is 0.333. The van der Waals surface area contributed by atoms with Crippen molar-refractivity contribution in [1.29, 1.82) is 0 Å². The van der Waals surface area contributed by atoms with Crippen molar-refractivity contribution in [2.75, 3.05) is 7.11 Å². The lowest BCUT2D eigenvalue weighted by molar-refractivity contribution is 0.0721. The van der Waals surface area contributed by atoms with Crippen molar-refractivity contribution in [2.24, 2.45) is 0 Å². The van der Waals surface area contributed by atoms with Gasteiger partial charge in [0.2, 0.25) is 0 Å². The molecule has 26 heavy (non-hydrogen) atoms. The summed E-state index contributed by atoms with van der Waals surface area (Å²) in [4.78, 5) is 25.0. The van der Waals surface area contributed by atoms with Crippen molar-refractivity contribution in [3.63, 3.8) is 0 Å². The van der Waals surface area contributed by atoms with Gasteiger partial charge in [-0.25, -0.2) is 0 Å². The molecule has 2 aliphatic rings. The van der Waals surface area contributed by atoms with Crippen molar-refractivity contribution in [3.05, 3.63) is 58.1 Å². The lowest BCUT2D eigenvalue weighted by Crippen LogP contribution is -2.23. The maximum atomic E-state index is 12.7. The number of rotatable bonds is 2. The molecule has 134 valence electrons. The van der Waals surface area contributed by atoms with Crippen LogP contribution in [0.5, 0.6) is 11.5 Å². The van der Waals surface area contributed by atoms with Gasteiger partial charge in [-0.2, -0.15) is 0 Å². The number of aromatic hydroxyl groups is 2. The molecule has 0 aliphatic heterocycles. The van der Waals surface area contributed by atoms with Gasteiger partial charge in [0, 0.05) is 37.0 Å². The topological polar surface area (TPSA) is 83.8 Å². The van der Waals surface area contributed by atoms with Gasteiger partial charge in [0.1, 0.15) is 11.5 Å². The number of ketones is 2. The van der Waals surface area contributed by atoms with Crippen LogP contribution in [0.4, 0.5) is 0 Å². The lowest BCUT2D eigenvalue weighted by Gasteiger charge is -2.31. The first-order valence-electron chi connectivity index (χ1n) is 8.79. The van der Waals surface area contributed by atoms with Gasteiger partial charge in [0.05, 0.1) is 11.7 Å². The van der Waals surface area contributed by atoms with Gasteiger partial charge >= 0.3 is 0 Å². The van der Waals surface area contributed by atoms with E-state index in [1.807, 2.05) is 6.07 Å². The number of methoxy groups -OCH3 is 1. The first-order chi connectivity index (χ1) is 12.5. The molecular weight excluding hydrogens is 332 g/mol. The van der Waals surface area contributed by atoms with E-state index in [1.54, 1.807) is 25.3 Å². The van der Waals surface area contributed by atoms with Crippen molar-refractivity contribution < 1.29 is 24.5 Å². The van der Waals surface area contributed by atoms with Crippen LogP contribution in [-0.4, -0.2) is 28.9 Å². The van der Waals surface area contributed by atoms with Crippen LogP contribution in [0.3, 0.4) is 0 Å². The van der Waals surface area contributed by atoms with E-state index in [9.17, 15) is 19.8 Å². The van der Waals surface area contributed by atoms with Crippen molar-refractivity contribution >= 4 is 11.6 Å². The van der Waals surface area contributed by atoms with Crippen LogP contribution in [0, 0.1) is 0 Å². The van der Waals surface area contributed by atoms with E-state index in [0.29, 0.717) is 42.4 Å². The molecule has 0 unspecified atom stereocenters. The second kappa shape index (κ2) is 6.25. The zero-order valence-corrected chi connectivity index (χ0v) is 14.5. The fourth-order valence-corrected chi connectivity index (χ4v) is 4.35. The number of Topliss-reactive ketones (excluding diaryl/α,β-unsaturated/α-hetero) is 2. The fourth-order valence-electron chi connectivity index (χ4n) is 4.35. The zero-order chi connectivity index (χ0) is 18.4. The van der Waals surface area contributed by atoms with Crippen LogP contribution in [-0.2, 0) is 4.74 Å². The smallest absolute Gasteiger partial charge is 0.166 e. The lowest BCUT2D eigenvalue weighted by atomic mass is 9.73. The van der Waals surface area contributed by atoms with Gasteiger partial charge in [-0.15, -0.1) is 0 Å². The van der Waals surface area contributed by atoms with E-state index in [1.165, 1.54) is 6.07 Å². The number of phenols is 2. The van der Waals surface area contributed by atoms with Gasteiger partial charge in [0.25, 0.3) is 0 Å². The van der Waals surface area contributed by atoms with E-state index in [4.69, 9.17) is 4.74 Å².